The third kappa shape index (κ3) is 4.32. The fraction of sp³-hybridized carbons (Fsp3) is 0.111. The van der Waals surface area contributed by atoms with E-state index in [4.69, 9.17) is 17.0 Å². The van der Waals surface area contributed by atoms with Gasteiger partial charge in [0.2, 0.25) is 0 Å². The van der Waals surface area contributed by atoms with E-state index in [1.807, 2.05) is 12.1 Å². The lowest BCUT2D eigenvalue weighted by molar-refractivity contribution is -0.384. The summed E-state index contributed by atoms with van der Waals surface area (Å²) in [4.78, 5) is 23.6. The van der Waals surface area contributed by atoms with Crippen LogP contribution in [0.2, 0.25) is 0 Å². The van der Waals surface area contributed by atoms with Crippen molar-refractivity contribution in [3.63, 3.8) is 0 Å². The van der Waals surface area contributed by atoms with Crippen molar-refractivity contribution >= 4 is 50.9 Å². The Kier molecular flexibility index (Phi) is 5.52. The maximum absolute atomic E-state index is 12.0. The highest BCUT2D eigenvalue weighted by Gasteiger charge is 2.26. The number of carbonyl (C=O) groups is 1. The molecule has 1 N–H and O–H groups in total. The van der Waals surface area contributed by atoms with Gasteiger partial charge in [-0.25, -0.2) is 0 Å². The van der Waals surface area contributed by atoms with Crippen LogP contribution >= 0.6 is 28.1 Å². The monoisotopic (exact) mass is 447 g/mol. The van der Waals surface area contributed by atoms with Crippen LogP contribution in [0, 0.1) is 10.1 Å². The zero-order chi connectivity index (χ0) is 19.6. The van der Waals surface area contributed by atoms with Gasteiger partial charge in [-0.3, -0.25) is 19.8 Å². The van der Waals surface area contributed by atoms with Gasteiger partial charge in [0, 0.05) is 19.2 Å². The summed E-state index contributed by atoms with van der Waals surface area (Å²) in [5.41, 5.74) is 2.07. The number of halogens is 1. The predicted octanol–water partition coefficient (Wildman–Crippen LogP) is 3.62. The van der Waals surface area contributed by atoms with Crippen LogP contribution in [0.5, 0.6) is 5.75 Å². The molecule has 1 heterocycles. The van der Waals surface area contributed by atoms with Gasteiger partial charge in [0.05, 0.1) is 9.40 Å². The molecule has 0 aromatic heterocycles. The fourth-order valence-electron chi connectivity index (χ4n) is 2.39. The standard InChI is InChI=1S/C18H14BrN3O4S/c1-21-17(23)15(20-18(21)27)9-12-4-7-16(14(19)8-12)26-10-11-2-5-13(6-3-11)22(24)25/h2-9H,10H2,1H3,(H,20,27)/b15-9-. The number of ether oxygens (including phenoxy) is 1. The maximum Gasteiger partial charge on any atom is 0.276 e. The Morgan fingerprint density at radius 2 is 2.00 bits per heavy atom. The summed E-state index contributed by atoms with van der Waals surface area (Å²) < 4.78 is 6.48. The SMILES string of the molecule is CN1C(=O)/C(=C/c2ccc(OCc3ccc([N+](=O)[O-])cc3)c(Br)c2)NC1=S. The average molecular weight is 448 g/mol. The first kappa shape index (κ1) is 19.0. The van der Waals surface area contributed by atoms with Crippen LogP contribution in [-0.4, -0.2) is 27.9 Å². The summed E-state index contributed by atoms with van der Waals surface area (Å²) in [6.45, 7) is 0.274. The van der Waals surface area contributed by atoms with Crippen molar-refractivity contribution in [2.45, 2.75) is 6.61 Å². The maximum atomic E-state index is 12.0. The van der Waals surface area contributed by atoms with E-state index in [9.17, 15) is 14.9 Å². The lowest BCUT2D eigenvalue weighted by Crippen LogP contribution is -2.25. The number of carbonyl (C=O) groups excluding carboxylic acids is 1. The molecule has 1 aliphatic rings. The van der Waals surface area contributed by atoms with Gasteiger partial charge in [0.15, 0.2) is 5.11 Å². The number of nitrogens with zero attached hydrogens (tertiary/aromatic N) is 2. The van der Waals surface area contributed by atoms with Crippen LogP contribution in [0.15, 0.2) is 52.6 Å². The third-order valence-electron chi connectivity index (χ3n) is 3.89. The number of thiocarbonyl (C=S) groups is 1. The summed E-state index contributed by atoms with van der Waals surface area (Å²) in [5, 5.41) is 13.9. The molecule has 1 saturated heterocycles. The first-order valence-electron chi connectivity index (χ1n) is 7.81. The van der Waals surface area contributed by atoms with E-state index < -0.39 is 4.92 Å². The number of amides is 1. The molecule has 2 aromatic carbocycles. The molecule has 138 valence electrons. The molecule has 9 heteroatoms. The minimum absolute atomic E-state index is 0.0394. The Balaban J connectivity index is 1.69. The van der Waals surface area contributed by atoms with Crippen LogP contribution < -0.4 is 10.1 Å². The normalized spacial score (nSPS) is 15.2. The Morgan fingerprint density at radius 1 is 1.30 bits per heavy atom. The zero-order valence-corrected chi connectivity index (χ0v) is 16.5. The summed E-state index contributed by atoms with van der Waals surface area (Å²) in [7, 11) is 1.61. The molecule has 0 radical (unpaired) electrons. The number of hydrogen-bond donors (Lipinski definition) is 1. The minimum Gasteiger partial charge on any atom is -0.488 e. The first-order chi connectivity index (χ1) is 12.8. The molecular weight excluding hydrogens is 434 g/mol. The Labute approximate surface area is 168 Å². The van der Waals surface area contributed by atoms with Gasteiger partial charge in [0.1, 0.15) is 18.1 Å². The number of rotatable bonds is 5. The quantitative estimate of drug-likeness (QED) is 0.326. The van der Waals surface area contributed by atoms with E-state index in [1.54, 1.807) is 31.3 Å². The van der Waals surface area contributed by atoms with E-state index in [1.165, 1.54) is 17.0 Å². The van der Waals surface area contributed by atoms with Crippen LogP contribution in [0.25, 0.3) is 6.08 Å². The Morgan fingerprint density at radius 3 is 2.56 bits per heavy atom. The first-order valence-corrected chi connectivity index (χ1v) is 9.01. The van der Waals surface area contributed by atoms with E-state index >= 15 is 0 Å². The van der Waals surface area contributed by atoms with Crippen molar-refractivity contribution in [3.05, 3.63) is 73.9 Å². The van der Waals surface area contributed by atoms with E-state index in [-0.39, 0.29) is 18.2 Å². The lowest BCUT2D eigenvalue weighted by atomic mass is 10.2. The van der Waals surface area contributed by atoms with Crippen LogP contribution in [-0.2, 0) is 11.4 Å². The third-order valence-corrected chi connectivity index (χ3v) is 4.89. The van der Waals surface area contributed by atoms with Crippen molar-refractivity contribution < 1.29 is 14.5 Å². The van der Waals surface area contributed by atoms with Crippen molar-refractivity contribution in [1.82, 2.24) is 10.2 Å². The number of hydrogen-bond acceptors (Lipinski definition) is 5. The highest BCUT2D eigenvalue weighted by atomic mass is 79.9. The Bertz CT molecular complexity index is 960. The van der Waals surface area contributed by atoms with Crippen molar-refractivity contribution in [3.8, 4) is 5.75 Å². The molecule has 2 aromatic rings. The number of nitro benzene ring substituents is 1. The van der Waals surface area contributed by atoms with Gasteiger partial charge in [0.25, 0.3) is 11.6 Å². The highest BCUT2D eigenvalue weighted by Crippen LogP contribution is 2.28. The van der Waals surface area contributed by atoms with Crippen molar-refractivity contribution in [2.75, 3.05) is 7.05 Å². The average Bonchev–Trinajstić information content (AvgIpc) is 2.88. The van der Waals surface area contributed by atoms with Gasteiger partial charge in [-0.15, -0.1) is 0 Å². The van der Waals surface area contributed by atoms with Gasteiger partial charge >= 0.3 is 0 Å². The molecule has 1 fully saturated rings. The van der Waals surface area contributed by atoms with Crippen LogP contribution in [0.1, 0.15) is 11.1 Å². The smallest absolute Gasteiger partial charge is 0.276 e. The number of nitro groups is 1. The van der Waals surface area contributed by atoms with Crippen LogP contribution in [0.3, 0.4) is 0 Å². The second kappa shape index (κ2) is 7.85. The van der Waals surface area contributed by atoms with E-state index in [0.717, 1.165) is 15.6 Å². The molecule has 3 rings (SSSR count). The lowest BCUT2D eigenvalue weighted by Gasteiger charge is -2.09. The van der Waals surface area contributed by atoms with Gasteiger partial charge in [-0.05, 0) is 69.6 Å². The molecule has 0 unspecified atom stereocenters. The highest BCUT2D eigenvalue weighted by molar-refractivity contribution is 9.10. The molecule has 0 aliphatic carbocycles. The second-order valence-electron chi connectivity index (χ2n) is 5.75. The fourth-order valence-corrected chi connectivity index (χ4v) is 3.09. The van der Waals surface area contributed by atoms with Gasteiger partial charge < -0.3 is 10.1 Å². The molecule has 1 aliphatic heterocycles. The summed E-state index contributed by atoms with van der Waals surface area (Å²) in [6, 6.07) is 11.6. The van der Waals surface area contributed by atoms with Gasteiger partial charge in [-0.2, -0.15) is 0 Å². The summed E-state index contributed by atoms with van der Waals surface area (Å²) >= 11 is 8.50. The number of nitrogens with one attached hydrogen (secondary N) is 1. The van der Waals surface area contributed by atoms with E-state index in [2.05, 4.69) is 21.2 Å². The topological polar surface area (TPSA) is 84.7 Å². The second-order valence-corrected chi connectivity index (χ2v) is 7.00. The molecule has 1 amide bonds. The zero-order valence-electron chi connectivity index (χ0n) is 14.1. The van der Waals surface area contributed by atoms with Crippen molar-refractivity contribution in [2.24, 2.45) is 0 Å². The number of benzene rings is 2. The predicted molar refractivity (Wildman–Crippen MR) is 108 cm³/mol. The molecule has 0 atom stereocenters. The Hall–Kier alpha value is -2.78. The molecule has 0 saturated carbocycles. The minimum atomic E-state index is -0.442. The summed E-state index contributed by atoms with van der Waals surface area (Å²) in [6.07, 6.45) is 1.71. The molecule has 0 bridgehead atoms. The molecule has 27 heavy (non-hydrogen) atoms. The molecular formula is C18H14BrN3O4S. The number of likely N-dealkylation sites (N-methyl/N-ethyl adjacent to an activating group) is 1. The van der Waals surface area contributed by atoms with Crippen LogP contribution in [0.4, 0.5) is 5.69 Å². The number of non-ortho nitro benzene ring substituents is 1. The summed E-state index contributed by atoms with van der Waals surface area (Å²) in [5.74, 6) is 0.434. The van der Waals surface area contributed by atoms with Gasteiger partial charge in [-0.1, -0.05) is 6.07 Å². The van der Waals surface area contributed by atoms with E-state index in [0.29, 0.717) is 16.6 Å². The van der Waals surface area contributed by atoms with Crippen molar-refractivity contribution in [1.29, 1.82) is 0 Å². The molecule has 0 spiro atoms. The largest absolute Gasteiger partial charge is 0.488 e. The molecule has 7 nitrogen and oxygen atoms in total.